The molecule has 8 nitrogen and oxygen atoms in total. The van der Waals surface area contributed by atoms with Gasteiger partial charge in [0.25, 0.3) is 5.56 Å². The normalized spacial score (nSPS) is 15.9. The summed E-state index contributed by atoms with van der Waals surface area (Å²) in [6.07, 6.45) is -0.104. The number of nitrogen functional groups attached to an aromatic ring is 1. The number of anilines is 2. The highest BCUT2D eigenvalue weighted by atomic mass is 16.5. The number of nitrogens with zero attached hydrogens (tertiary/aromatic N) is 3. The lowest BCUT2D eigenvalue weighted by Gasteiger charge is -2.34. The molecule has 0 saturated carbocycles. The molecule has 2 aromatic rings. The fraction of sp³-hybridized carbons (Fsp3) is 0.476. The fourth-order valence-electron chi connectivity index (χ4n) is 3.63. The van der Waals surface area contributed by atoms with Crippen LogP contribution < -0.4 is 26.6 Å². The highest BCUT2D eigenvalue weighted by Gasteiger charge is 2.28. The molecule has 0 bridgehead atoms. The number of benzene rings is 1. The standard InChI is InChI=1S/C21H28N4O4/c1-12(2)9-25-19(22)18(20(27)23(5)21(25)28)16(26)11-24-10-14(4)29-17-7-6-13(3)8-15(17)24/h6-8,12,14H,9-11,22H2,1-5H3/t14-/m1/s1. The van der Waals surface area contributed by atoms with Gasteiger partial charge < -0.3 is 15.4 Å². The van der Waals surface area contributed by atoms with Crippen LogP contribution in [-0.4, -0.2) is 34.1 Å². The summed E-state index contributed by atoms with van der Waals surface area (Å²) in [5.74, 6) is 0.350. The first-order valence-corrected chi connectivity index (χ1v) is 9.74. The lowest BCUT2D eigenvalue weighted by atomic mass is 10.1. The monoisotopic (exact) mass is 400 g/mol. The number of ketones is 1. The number of hydrogen-bond donors (Lipinski definition) is 1. The number of carbonyl (C=O) groups excluding carboxylic acids is 1. The second-order valence-electron chi connectivity index (χ2n) is 8.11. The Hall–Kier alpha value is -3.03. The molecule has 1 aliphatic heterocycles. The molecule has 0 unspecified atom stereocenters. The maximum Gasteiger partial charge on any atom is 0.332 e. The number of aromatic nitrogens is 2. The summed E-state index contributed by atoms with van der Waals surface area (Å²) in [4.78, 5) is 40.2. The summed E-state index contributed by atoms with van der Waals surface area (Å²) in [7, 11) is 1.37. The molecule has 0 saturated heterocycles. The lowest BCUT2D eigenvalue weighted by molar-refractivity contribution is 0.0992. The molecular weight excluding hydrogens is 372 g/mol. The molecule has 2 N–H and O–H groups in total. The highest BCUT2D eigenvalue weighted by molar-refractivity contribution is 6.02. The first-order chi connectivity index (χ1) is 13.6. The van der Waals surface area contributed by atoms with Gasteiger partial charge in [-0.25, -0.2) is 4.79 Å². The Kier molecular flexibility index (Phi) is 5.55. The zero-order valence-electron chi connectivity index (χ0n) is 17.6. The summed E-state index contributed by atoms with van der Waals surface area (Å²) in [5.41, 5.74) is 6.67. The van der Waals surface area contributed by atoms with Crippen LogP contribution in [0.5, 0.6) is 5.75 Å². The molecule has 0 aliphatic carbocycles. The molecule has 2 heterocycles. The summed E-state index contributed by atoms with van der Waals surface area (Å²) in [6.45, 7) is 8.58. The molecule has 1 aromatic carbocycles. The molecule has 1 aliphatic rings. The van der Waals surface area contributed by atoms with E-state index in [1.165, 1.54) is 11.6 Å². The van der Waals surface area contributed by atoms with Crippen molar-refractivity contribution in [3.63, 3.8) is 0 Å². The lowest BCUT2D eigenvalue weighted by Crippen LogP contribution is -2.46. The van der Waals surface area contributed by atoms with Gasteiger partial charge in [-0.05, 0) is 37.5 Å². The summed E-state index contributed by atoms with van der Waals surface area (Å²) in [6, 6.07) is 5.79. The molecule has 3 rings (SSSR count). The van der Waals surface area contributed by atoms with Crippen molar-refractivity contribution in [2.75, 3.05) is 23.7 Å². The van der Waals surface area contributed by atoms with Gasteiger partial charge in [0.05, 0.1) is 18.8 Å². The van der Waals surface area contributed by atoms with Crippen LogP contribution in [0.15, 0.2) is 27.8 Å². The zero-order valence-corrected chi connectivity index (χ0v) is 17.6. The van der Waals surface area contributed by atoms with Crippen LogP contribution in [0.25, 0.3) is 0 Å². The van der Waals surface area contributed by atoms with Crippen molar-refractivity contribution in [3.05, 3.63) is 50.2 Å². The van der Waals surface area contributed by atoms with Crippen molar-refractivity contribution in [2.45, 2.75) is 40.3 Å². The van der Waals surface area contributed by atoms with E-state index in [1.807, 2.05) is 50.8 Å². The van der Waals surface area contributed by atoms with E-state index in [0.717, 1.165) is 15.8 Å². The van der Waals surface area contributed by atoms with E-state index >= 15 is 0 Å². The number of aryl methyl sites for hydroxylation is 1. The van der Waals surface area contributed by atoms with E-state index in [-0.39, 0.29) is 29.9 Å². The molecule has 1 atom stereocenters. The van der Waals surface area contributed by atoms with Gasteiger partial charge in [0.2, 0.25) is 0 Å². The fourth-order valence-corrected chi connectivity index (χ4v) is 3.63. The first kappa shape index (κ1) is 20.7. The maximum absolute atomic E-state index is 13.2. The minimum Gasteiger partial charge on any atom is -0.487 e. The number of carbonyl (C=O) groups is 1. The Morgan fingerprint density at radius 2 is 2.00 bits per heavy atom. The number of rotatable bonds is 5. The smallest absolute Gasteiger partial charge is 0.332 e. The predicted molar refractivity (Wildman–Crippen MR) is 113 cm³/mol. The number of Topliss-reactive ketones (excluding diaryl/α,β-unsaturated/α-hetero) is 1. The third-order valence-corrected chi connectivity index (χ3v) is 5.01. The summed E-state index contributed by atoms with van der Waals surface area (Å²) in [5, 5.41) is 0. The molecule has 0 radical (unpaired) electrons. The Bertz CT molecular complexity index is 1070. The molecule has 0 amide bonds. The number of fused-ring (bicyclic) bond motifs is 1. The number of nitrogens with two attached hydrogens (primary N) is 1. The van der Waals surface area contributed by atoms with Crippen LogP contribution in [0.1, 0.15) is 36.7 Å². The third kappa shape index (κ3) is 3.92. The Labute approximate surface area is 169 Å². The van der Waals surface area contributed by atoms with E-state index in [1.54, 1.807) is 0 Å². The van der Waals surface area contributed by atoms with Gasteiger partial charge in [-0.1, -0.05) is 19.9 Å². The summed E-state index contributed by atoms with van der Waals surface area (Å²) < 4.78 is 8.12. The van der Waals surface area contributed by atoms with Gasteiger partial charge in [0, 0.05) is 13.6 Å². The molecule has 1 aromatic heterocycles. The quantitative estimate of drug-likeness (QED) is 0.765. The molecule has 0 fully saturated rings. The largest absolute Gasteiger partial charge is 0.487 e. The van der Waals surface area contributed by atoms with E-state index in [0.29, 0.717) is 18.8 Å². The van der Waals surface area contributed by atoms with Crippen molar-refractivity contribution in [2.24, 2.45) is 13.0 Å². The molecule has 8 heteroatoms. The minimum absolute atomic E-state index is 0.0243. The number of ether oxygens (including phenoxy) is 1. The predicted octanol–water partition coefficient (Wildman–Crippen LogP) is 1.56. The second kappa shape index (κ2) is 7.77. The van der Waals surface area contributed by atoms with E-state index in [4.69, 9.17) is 10.5 Å². The third-order valence-electron chi connectivity index (χ3n) is 5.01. The molecular formula is C21H28N4O4. The van der Waals surface area contributed by atoms with E-state index in [9.17, 15) is 14.4 Å². The van der Waals surface area contributed by atoms with Crippen molar-refractivity contribution < 1.29 is 9.53 Å². The second-order valence-corrected chi connectivity index (χ2v) is 8.11. The van der Waals surface area contributed by atoms with Gasteiger partial charge in [0.1, 0.15) is 23.2 Å². The van der Waals surface area contributed by atoms with Gasteiger partial charge in [-0.2, -0.15) is 0 Å². The summed E-state index contributed by atoms with van der Waals surface area (Å²) >= 11 is 0. The van der Waals surface area contributed by atoms with E-state index < -0.39 is 17.0 Å². The molecule has 29 heavy (non-hydrogen) atoms. The van der Waals surface area contributed by atoms with Crippen LogP contribution in [0.2, 0.25) is 0 Å². The number of hydrogen-bond acceptors (Lipinski definition) is 6. The van der Waals surface area contributed by atoms with Crippen LogP contribution in [0.3, 0.4) is 0 Å². The maximum atomic E-state index is 13.2. The topological polar surface area (TPSA) is 99.6 Å². The van der Waals surface area contributed by atoms with Crippen LogP contribution >= 0.6 is 0 Å². The van der Waals surface area contributed by atoms with Crippen LogP contribution in [0, 0.1) is 12.8 Å². The average Bonchev–Trinajstić information content (AvgIpc) is 2.64. The van der Waals surface area contributed by atoms with Gasteiger partial charge in [0.15, 0.2) is 5.78 Å². The average molecular weight is 400 g/mol. The van der Waals surface area contributed by atoms with Crippen molar-refractivity contribution in [1.82, 2.24) is 9.13 Å². The van der Waals surface area contributed by atoms with Crippen molar-refractivity contribution in [3.8, 4) is 5.75 Å². The Balaban J connectivity index is 2.03. The SMILES string of the molecule is Cc1ccc2c(c1)N(CC(=O)c1c(N)n(CC(C)C)c(=O)n(C)c1=O)C[C@@H](C)O2. The first-order valence-electron chi connectivity index (χ1n) is 9.74. The van der Waals surface area contributed by atoms with Crippen molar-refractivity contribution in [1.29, 1.82) is 0 Å². The van der Waals surface area contributed by atoms with E-state index in [2.05, 4.69) is 0 Å². The van der Waals surface area contributed by atoms with Gasteiger partial charge in [-0.3, -0.25) is 18.7 Å². The van der Waals surface area contributed by atoms with Crippen LogP contribution in [-0.2, 0) is 13.6 Å². The van der Waals surface area contributed by atoms with Crippen LogP contribution in [0.4, 0.5) is 11.5 Å². The molecule has 156 valence electrons. The van der Waals surface area contributed by atoms with Crippen molar-refractivity contribution >= 4 is 17.3 Å². The minimum atomic E-state index is -0.664. The highest BCUT2D eigenvalue weighted by Crippen LogP contribution is 2.34. The van der Waals surface area contributed by atoms with Gasteiger partial charge >= 0.3 is 5.69 Å². The Morgan fingerprint density at radius 3 is 2.66 bits per heavy atom. The zero-order chi connectivity index (χ0) is 21.5. The molecule has 0 spiro atoms. The van der Waals surface area contributed by atoms with Gasteiger partial charge in [-0.15, -0.1) is 0 Å². The Morgan fingerprint density at radius 1 is 1.31 bits per heavy atom.